The molecule has 0 saturated heterocycles. The van der Waals surface area contributed by atoms with Crippen molar-refractivity contribution in [1.82, 2.24) is 10.2 Å². The maximum Gasteiger partial charge on any atom is 0.0278 e. The van der Waals surface area contributed by atoms with Crippen LogP contribution >= 0.6 is 0 Å². The Labute approximate surface area is 93.3 Å². The lowest BCUT2D eigenvalue weighted by Gasteiger charge is -2.35. The van der Waals surface area contributed by atoms with E-state index in [-0.39, 0.29) is 5.54 Å². The molecule has 0 atom stereocenters. The number of rotatable bonds is 5. The zero-order valence-corrected chi connectivity index (χ0v) is 10.2. The molecule has 2 heteroatoms. The van der Waals surface area contributed by atoms with Crippen LogP contribution < -0.4 is 5.32 Å². The van der Waals surface area contributed by atoms with Crippen molar-refractivity contribution in [2.45, 2.75) is 25.9 Å². The average Bonchev–Trinajstić information content (AvgIpc) is 2.19. The van der Waals surface area contributed by atoms with Gasteiger partial charge in [0, 0.05) is 18.6 Å². The van der Waals surface area contributed by atoms with Crippen molar-refractivity contribution in [1.29, 1.82) is 0 Å². The van der Waals surface area contributed by atoms with E-state index < -0.39 is 0 Å². The molecule has 0 amide bonds. The molecule has 0 heterocycles. The summed E-state index contributed by atoms with van der Waals surface area (Å²) in [5.74, 6) is 0. The van der Waals surface area contributed by atoms with Crippen LogP contribution in [0.2, 0.25) is 0 Å². The third-order valence-electron chi connectivity index (χ3n) is 2.91. The molecule has 1 rings (SSSR count). The molecule has 0 aliphatic carbocycles. The fourth-order valence-corrected chi connectivity index (χ4v) is 1.64. The van der Waals surface area contributed by atoms with Crippen LogP contribution in [0.3, 0.4) is 0 Å². The van der Waals surface area contributed by atoms with Crippen LogP contribution in [0.15, 0.2) is 30.3 Å². The summed E-state index contributed by atoms with van der Waals surface area (Å²) >= 11 is 0. The molecule has 15 heavy (non-hydrogen) atoms. The molecule has 1 aromatic carbocycles. The summed E-state index contributed by atoms with van der Waals surface area (Å²) in [5.41, 5.74) is 1.55. The monoisotopic (exact) mass is 206 g/mol. The molecule has 0 radical (unpaired) electrons. The second-order valence-electron chi connectivity index (χ2n) is 4.68. The van der Waals surface area contributed by atoms with Gasteiger partial charge >= 0.3 is 0 Å². The summed E-state index contributed by atoms with van der Waals surface area (Å²) in [7, 11) is 4.17. The lowest BCUT2D eigenvalue weighted by Crippen LogP contribution is -2.47. The van der Waals surface area contributed by atoms with E-state index in [2.05, 4.69) is 61.4 Å². The van der Waals surface area contributed by atoms with Crippen LogP contribution in [-0.4, -0.2) is 31.1 Å². The van der Waals surface area contributed by atoms with Crippen molar-refractivity contribution >= 4 is 0 Å². The van der Waals surface area contributed by atoms with Crippen molar-refractivity contribution in [2.24, 2.45) is 0 Å². The minimum Gasteiger partial charge on any atom is -0.318 e. The third kappa shape index (κ3) is 3.65. The summed E-state index contributed by atoms with van der Waals surface area (Å²) < 4.78 is 0. The lowest BCUT2D eigenvalue weighted by atomic mass is 10.0. The Morgan fingerprint density at radius 2 is 1.80 bits per heavy atom. The summed E-state index contributed by atoms with van der Waals surface area (Å²) in [6.45, 7) is 6.50. The van der Waals surface area contributed by atoms with Gasteiger partial charge < -0.3 is 5.32 Å². The van der Waals surface area contributed by atoms with Gasteiger partial charge in [-0.25, -0.2) is 0 Å². The van der Waals surface area contributed by atoms with E-state index in [0.717, 1.165) is 13.1 Å². The number of hydrogen-bond acceptors (Lipinski definition) is 2. The van der Waals surface area contributed by atoms with Crippen LogP contribution in [0.5, 0.6) is 0 Å². The molecule has 0 fully saturated rings. The van der Waals surface area contributed by atoms with E-state index >= 15 is 0 Å². The lowest BCUT2D eigenvalue weighted by molar-refractivity contribution is 0.147. The van der Waals surface area contributed by atoms with Gasteiger partial charge in [0.25, 0.3) is 0 Å². The minimum atomic E-state index is 0.185. The average molecular weight is 206 g/mol. The molecule has 2 nitrogen and oxygen atoms in total. The predicted molar refractivity (Wildman–Crippen MR) is 65.9 cm³/mol. The second kappa shape index (κ2) is 5.29. The molecule has 0 unspecified atom stereocenters. The summed E-state index contributed by atoms with van der Waals surface area (Å²) in [6, 6.07) is 10.6. The summed E-state index contributed by atoms with van der Waals surface area (Å²) in [5, 5.41) is 3.23. The smallest absolute Gasteiger partial charge is 0.0278 e. The normalized spacial score (nSPS) is 12.1. The van der Waals surface area contributed by atoms with E-state index in [9.17, 15) is 0 Å². The summed E-state index contributed by atoms with van der Waals surface area (Å²) in [6.07, 6.45) is 0. The fraction of sp³-hybridized carbons (Fsp3) is 0.538. The molecule has 1 aromatic rings. The highest BCUT2D eigenvalue weighted by Crippen LogP contribution is 2.14. The van der Waals surface area contributed by atoms with Gasteiger partial charge in [0.05, 0.1) is 0 Å². The number of hydrogen-bond donors (Lipinski definition) is 1. The Bertz CT molecular complexity index is 280. The van der Waals surface area contributed by atoms with Gasteiger partial charge in [0.1, 0.15) is 0 Å². The zero-order chi connectivity index (χ0) is 11.3. The Morgan fingerprint density at radius 1 is 1.20 bits per heavy atom. The maximum absolute atomic E-state index is 3.23. The van der Waals surface area contributed by atoms with Gasteiger partial charge in [-0.3, -0.25) is 4.90 Å². The van der Waals surface area contributed by atoms with Crippen molar-refractivity contribution in [3.8, 4) is 0 Å². The van der Waals surface area contributed by atoms with Crippen molar-refractivity contribution in [2.75, 3.05) is 20.6 Å². The van der Waals surface area contributed by atoms with Crippen LogP contribution in [0.25, 0.3) is 0 Å². The Kier molecular flexibility index (Phi) is 4.30. The first-order valence-corrected chi connectivity index (χ1v) is 5.46. The van der Waals surface area contributed by atoms with Gasteiger partial charge in [0.2, 0.25) is 0 Å². The first-order valence-electron chi connectivity index (χ1n) is 5.46. The fourth-order valence-electron chi connectivity index (χ4n) is 1.64. The molecular formula is C13H22N2. The topological polar surface area (TPSA) is 15.3 Å². The zero-order valence-electron chi connectivity index (χ0n) is 10.2. The number of nitrogens with zero attached hydrogens (tertiary/aromatic N) is 1. The molecule has 84 valence electrons. The second-order valence-corrected chi connectivity index (χ2v) is 4.68. The van der Waals surface area contributed by atoms with Crippen molar-refractivity contribution in [3.63, 3.8) is 0 Å². The van der Waals surface area contributed by atoms with Gasteiger partial charge in [-0.15, -0.1) is 0 Å². The van der Waals surface area contributed by atoms with Gasteiger partial charge in [-0.05, 0) is 33.5 Å². The number of benzene rings is 1. The first kappa shape index (κ1) is 12.2. The molecule has 0 spiro atoms. The molecule has 0 aliphatic rings. The summed E-state index contributed by atoms with van der Waals surface area (Å²) in [4.78, 5) is 2.37. The molecule has 0 saturated carbocycles. The third-order valence-corrected chi connectivity index (χ3v) is 2.91. The predicted octanol–water partition coefficient (Wildman–Crippen LogP) is 2.12. The Hall–Kier alpha value is -0.860. The largest absolute Gasteiger partial charge is 0.318 e. The van der Waals surface area contributed by atoms with Gasteiger partial charge in [-0.2, -0.15) is 0 Å². The molecule has 1 N–H and O–H groups in total. The van der Waals surface area contributed by atoms with Crippen molar-refractivity contribution < 1.29 is 0 Å². The van der Waals surface area contributed by atoms with Crippen LogP contribution in [0.1, 0.15) is 19.4 Å². The Balaban J connectivity index is 2.59. The van der Waals surface area contributed by atoms with Crippen LogP contribution in [0.4, 0.5) is 0 Å². The number of likely N-dealkylation sites (N-methyl/N-ethyl adjacent to an activating group) is 2. The van der Waals surface area contributed by atoms with Crippen LogP contribution in [0, 0.1) is 0 Å². The van der Waals surface area contributed by atoms with Crippen LogP contribution in [-0.2, 0) is 6.54 Å². The van der Waals surface area contributed by atoms with E-state index in [0.29, 0.717) is 0 Å². The minimum absolute atomic E-state index is 0.185. The van der Waals surface area contributed by atoms with Crippen molar-refractivity contribution in [3.05, 3.63) is 35.9 Å². The first-order chi connectivity index (χ1) is 7.06. The van der Waals surface area contributed by atoms with E-state index in [1.807, 2.05) is 7.05 Å². The number of nitrogens with one attached hydrogen (secondary N) is 1. The van der Waals surface area contributed by atoms with Gasteiger partial charge in [0.15, 0.2) is 0 Å². The van der Waals surface area contributed by atoms with Gasteiger partial charge in [-0.1, -0.05) is 30.3 Å². The van der Waals surface area contributed by atoms with E-state index in [1.54, 1.807) is 0 Å². The Morgan fingerprint density at radius 3 is 2.33 bits per heavy atom. The maximum atomic E-state index is 3.23. The van der Waals surface area contributed by atoms with E-state index in [1.165, 1.54) is 5.56 Å². The highest BCUT2D eigenvalue weighted by Gasteiger charge is 2.22. The standard InChI is InChI=1S/C13H22N2/c1-13(2,11-14-3)15(4)10-12-8-6-5-7-9-12/h5-9,14H,10-11H2,1-4H3. The quantitative estimate of drug-likeness (QED) is 0.794. The molecule has 0 aromatic heterocycles. The SMILES string of the molecule is CNCC(C)(C)N(C)Cc1ccccc1. The highest BCUT2D eigenvalue weighted by molar-refractivity contribution is 5.14. The molecule has 0 bridgehead atoms. The molecular weight excluding hydrogens is 184 g/mol. The molecule has 0 aliphatic heterocycles. The highest BCUT2D eigenvalue weighted by atomic mass is 15.2. The van der Waals surface area contributed by atoms with E-state index in [4.69, 9.17) is 0 Å².